The molecule has 2 heteroatoms. The lowest BCUT2D eigenvalue weighted by molar-refractivity contribution is 0.996. The molecule has 0 heterocycles. The molecular formula is C17H18Cl2. The third-order valence-electron chi connectivity index (χ3n) is 3.96. The van der Waals surface area contributed by atoms with E-state index in [2.05, 4.69) is 33.8 Å². The van der Waals surface area contributed by atoms with E-state index in [9.17, 15) is 0 Å². The summed E-state index contributed by atoms with van der Waals surface area (Å²) in [5.41, 5.74) is 6.83. The van der Waals surface area contributed by atoms with Crippen LogP contribution in [-0.2, 0) is 4.33 Å². The molecule has 100 valence electrons. The molecule has 0 saturated heterocycles. The Hall–Kier alpha value is -0.980. The first-order valence-electron chi connectivity index (χ1n) is 6.37. The lowest BCUT2D eigenvalue weighted by Gasteiger charge is -2.25. The number of aryl methyl sites for hydroxylation is 1. The highest BCUT2D eigenvalue weighted by atomic mass is 35.5. The van der Waals surface area contributed by atoms with E-state index in [1.165, 1.54) is 16.7 Å². The van der Waals surface area contributed by atoms with Crippen molar-refractivity contribution >= 4 is 23.2 Å². The van der Waals surface area contributed by atoms with Crippen molar-refractivity contribution in [3.05, 3.63) is 69.8 Å². The van der Waals surface area contributed by atoms with Gasteiger partial charge < -0.3 is 0 Å². The fourth-order valence-corrected chi connectivity index (χ4v) is 2.99. The molecule has 0 fully saturated rings. The predicted octanol–water partition coefficient (Wildman–Crippen LogP) is 5.60. The largest absolute Gasteiger partial charge is 0.168 e. The summed E-state index contributed by atoms with van der Waals surface area (Å²) in [6.45, 7) is 8.43. The molecule has 0 bridgehead atoms. The smallest absolute Gasteiger partial charge is 0.0909 e. The van der Waals surface area contributed by atoms with Crippen LogP contribution in [0.15, 0.2) is 36.4 Å². The zero-order chi connectivity index (χ0) is 14.2. The van der Waals surface area contributed by atoms with E-state index < -0.39 is 4.33 Å². The van der Waals surface area contributed by atoms with Crippen molar-refractivity contribution in [3.8, 4) is 0 Å². The lowest BCUT2D eigenvalue weighted by atomic mass is 9.91. The van der Waals surface area contributed by atoms with Gasteiger partial charge in [-0.15, -0.1) is 0 Å². The summed E-state index contributed by atoms with van der Waals surface area (Å²) in [6, 6.07) is 11.9. The normalized spacial score (nSPS) is 11.7. The van der Waals surface area contributed by atoms with Crippen molar-refractivity contribution in [3.63, 3.8) is 0 Å². The Morgan fingerprint density at radius 2 is 1.37 bits per heavy atom. The van der Waals surface area contributed by atoms with Gasteiger partial charge in [-0.2, -0.15) is 0 Å². The van der Waals surface area contributed by atoms with Gasteiger partial charge in [-0.3, -0.25) is 0 Å². The third kappa shape index (κ3) is 2.52. The van der Waals surface area contributed by atoms with Crippen molar-refractivity contribution < 1.29 is 0 Å². The van der Waals surface area contributed by atoms with Crippen LogP contribution < -0.4 is 0 Å². The second kappa shape index (κ2) is 5.19. The van der Waals surface area contributed by atoms with Crippen LogP contribution in [0.2, 0.25) is 0 Å². The second-order valence-electron chi connectivity index (χ2n) is 5.06. The molecule has 19 heavy (non-hydrogen) atoms. The molecule has 0 aliphatic carbocycles. The molecule has 0 radical (unpaired) electrons. The lowest BCUT2D eigenvalue weighted by Crippen LogP contribution is -2.15. The predicted molar refractivity (Wildman–Crippen MR) is 84.3 cm³/mol. The maximum Gasteiger partial charge on any atom is 0.168 e. The number of hydrogen-bond acceptors (Lipinski definition) is 0. The highest BCUT2D eigenvalue weighted by Crippen LogP contribution is 2.43. The summed E-state index contributed by atoms with van der Waals surface area (Å²) < 4.78 is -1.01. The fourth-order valence-electron chi connectivity index (χ4n) is 2.34. The number of halogens is 2. The molecule has 0 nitrogen and oxygen atoms in total. The van der Waals surface area contributed by atoms with Gasteiger partial charge in [-0.1, -0.05) is 59.6 Å². The number of hydrogen-bond donors (Lipinski definition) is 0. The van der Waals surface area contributed by atoms with E-state index in [1.807, 2.05) is 30.3 Å². The Kier molecular flexibility index (Phi) is 3.94. The van der Waals surface area contributed by atoms with Crippen LogP contribution >= 0.6 is 23.2 Å². The molecule has 2 rings (SSSR count). The summed E-state index contributed by atoms with van der Waals surface area (Å²) in [4.78, 5) is 0. The van der Waals surface area contributed by atoms with Crippen LogP contribution in [-0.4, -0.2) is 0 Å². The summed E-state index contributed by atoms with van der Waals surface area (Å²) in [5.74, 6) is 0. The van der Waals surface area contributed by atoms with Gasteiger partial charge in [0.05, 0.1) is 0 Å². The minimum atomic E-state index is -1.01. The minimum absolute atomic E-state index is 0.907. The van der Waals surface area contributed by atoms with Crippen LogP contribution in [0.5, 0.6) is 0 Å². The molecule has 0 amide bonds. The van der Waals surface area contributed by atoms with E-state index in [-0.39, 0.29) is 0 Å². The van der Waals surface area contributed by atoms with E-state index in [4.69, 9.17) is 23.2 Å². The van der Waals surface area contributed by atoms with Gasteiger partial charge in [0.25, 0.3) is 0 Å². The molecule has 0 atom stereocenters. The maximum absolute atomic E-state index is 6.65. The Bertz CT molecular complexity index is 598. The monoisotopic (exact) mass is 292 g/mol. The first kappa shape index (κ1) is 14.4. The van der Waals surface area contributed by atoms with Crippen molar-refractivity contribution in [2.24, 2.45) is 0 Å². The molecule has 0 N–H and O–H groups in total. The van der Waals surface area contributed by atoms with Crippen LogP contribution in [0.25, 0.3) is 0 Å². The van der Waals surface area contributed by atoms with Crippen LogP contribution in [0.4, 0.5) is 0 Å². The van der Waals surface area contributed by atoms with E-state index >= 15 is 0 Å². The molecule has 0 unspecified atom stereocenters. The van der Waals surface area contributed by atoms with Gasteiger partial charge in [-0.25, -0.2) is 0 Å². The molecule has 0 saturated carbocycles. The van der Waals surface area contributed by atoms with E-state index in [1.54, 1.807) is 0 Å². The zero-order valence-electron chi connectivity index (χ0n) is 11.7. The third-order valence-corrected chi connectivity index (χ3v) is 4.80. The number of benzene rings is 2. The van der Waals surface area contributed by atoms with Crippen LogP contribution in [0, 0.1) is 27.7 Å². The fraction of sp³-hybridized carbons (Fsp3) is 0.294. The SMILES string of the molecule is Cc1cc(C(Cl)(Cl)c2ccccc2)c(C)c(C)c1C. The summed E-state index contributed by atoms with van der Waals surface area (Å²) in [7, 11) is 0. The van der Waals surface area contributed by atoms with Gasteiger partial charge >= 0.3 is 0 Å². The first-order valence-corrected chi connectivity index (χ1v) is 7.12. The molecule has 0 aromatic heterocycles. The average molecular weight is 293 g/mol. The summed E-state index contributed by atoms with van der Waals surface area (Å²) in [5, 5.41) is 0. The number of alkyl halides is 2. The van der Waals surface area contributed by atoms with E-state index in [0.29, 0.717) is 0 Å². The Morgan fingerprint density at radius 3 is 1.95 bits per heavy atom. The molecule has 2 aromatic rings. The molecular weight excluding hydrogens is 275 g/mol. The zero-order valence-corrected chi connectivity index (χ0v) is 13.2. The second-order valence-corrected chi connectivity index (χ2v) is 6.38. The topological polar surface area (TPSA) is 0 Å². The average Bonchev–Trinajstić information content (AvgIpc) is 2.41. The highest BCUT2D eigenvalue weighted by molar-refractivity contribution is 6.50. The summed E-state index contributed by atoms with van der Waals surface area (Å²) in [6.07, 6.45) is 0. The Morgan fingerprint density at radius 1 is 0.789 bits per heavy atom. The van der Waals surface area contributed by atoms with Crippen molar-refractivity contribution in [2.45, 2.75) is 32.0 Å². The van der Waals surface area contributed by atoms with Gasteiger partial charge in [0, 0.05) is 0 Å². The summed E-state index contributed by atoms with van der Waals surface area (Å²) >= 11 is 13.3. The molecule has 2 aromatic carbocycles. The number of rotatable bonds is 2. The van der Waals surface area contributed by atoms with Crippen LogP contribution in [0.1, 0.15) is 33.4 Å². The highest BCUT2D eigenvalue weighted by Gasteiger charge is 2.31. The van der Waals surface area contributed by atoms with Gasteiger partial charge in [0.1, 0.15) is 0 Å². The minimum Gasteiger partial charge on any atom is -0.0909 e. The standard InChI is InChI=1S/C17H18Cl2/c1-11-10-16(14(4)13(3)12(11)2)17(18,19)15-8-6-5-7-9-15/h5-10H,1-4H3. The van der Waals surface area contributed by atoms with Gasteiger partial charge in [-0.05, 0) is 61.1 Å². The molecule has 0 aliphatic rings. The van der Waals surface area contributed by atoms with Crippen molar-refractivity contribution in [1.82, 2.24) is 0 Å². The van der Waals surface area contributed by atoms with Gasteiger partial charge in [0.2, 0.25) is 0 Å². The van der Waals surface area contributed by atoms with Crippen molar-refractivity contribution in [1.29, 1.82) is 0 Å². The van der Waals surface area contributed by atoms with E-state index in [0.717, 1.165) is 16.7 Å². The van der Waals surface area contributed by atoms with Crippen molar-refractivity contribution in [2.75, 3.05) is 0 Å². The van der Waals surface area contributed by atoms with Crippen LogP contribution in [0.3, 0.4) is 0 Å². The molecule has 0 aliphatic heterocycles. The Balaban J connectivity index is 2.65. The molecule has 0 spiro atoms. The van der Waals surface area contributed by atoms with Gasteiger partial charge in [0.15, 0.2) is 4.33 Å². The first-order chi connectivity index (χ1) is 8.85. The Labute approximate surface area is 125 Å². The quantitative estimate of drug-likeness (QED) is 0.632. The maximum atomic E-state index is 6.65.